The van der Waals surface area contributed by atoms with E-state index in [-0.39, 0.29) is 5.91 Å². The predicted molar refractivity (Wildman–Crippen MR) is 64.3 cm³/mol. The molecule has 0 spiro atoms. The number of rotatable bonds is 3. The number of amides is 1. The molecule has 0 aliphatic carbocycles. The highest BCUT2D eigenvalue weighted by Crippen LogP contribution is 2.32. The average molecular weight is 243 g/mol. The smallest absolute Gasteiger partial charge is 0.244 e. The summed E-state index contributed by atoms with van der Waals surface area (Å²) in [5, 5.41) is 3.84. The molecule has 0 bridgehead atoms. The molecule has 0 atom stereocenters. The molecule has 3 nitrogen and oxygen atoms in total. The zero-order chi connectivity index (χ0) is 10.9. The minimum absolute atomic E-state index is 0.295. The van der Waals surface area contributed by atoms with Crippen molar-refractivity contribution in [3.05, 3.63) is 29.3 Å². The minimum atomic E-state index is -0.571. The van der Waals surface area contributed by atoms with E-state index < -0.39 is 5.54 Å². The van der Waals surface area contributed by atoms with Crippen LogP contribution in [0.3, 0.4) is 0 Å². The molecule has 1 aliphatic heterocycles. The van der Waals surface area contributed by atoms with Gasteiger partial charge in [0.15, 0.2) is 0 Å². The summed E-state index contributed by atoms with van der Waals surface area (Å²) in [5.41, 5.74) is 5.67. The van der Waals surface area contributed by atoms with Gasteiger partial charge in [-0.3, -0.25) is 4.79 Å². The van der Waals surface area contributed by atoms with E-state index in [1.54, 1.807) is 23.9 Å². The van der Waals surface area contributed by atoms with E-state index in [1.165, 1.54) is 0 Å². The van der Waals surface area contributed by atoms with Crippen molar-refractivity contribution in [1.29, 1.82) is 0 Å². The molecule has 0 saturated carbocycles. The maximum Gasteiger partial charge on any atom is 0.244 e. The Bertz CT molecular complexity index is 376. The molecule has 1 fully saturated rings. The summed E-state index contributed by atoms with van der Waals surface area (Å²) >= 11 is 7.48. The molecule has 1 aromatic rings. The van der Waals surface area contributed by atoms with Crippen molar-refractivity contribution in [3.8, 4) is 0 Å². The van der Waals surface area contributed by atoms with Crippen LogP contribution in [0.15, 0.2) is 24.3 Å². The number of nitrogens with two attached hydrogens (primary N) is 1. The molecule has 1 amide bonds. The van der Waals surface area contributed by atoms with E-state index in [4.69, 9.17) is 17.3 Å². The molecular weight excluding hydrogens is 232 g/mol. The Morgan fingerprint density at radius 2 is 2.00 bits per heavy atom. The van der Waals surface area contributed by atoms with Gasteiger partial charge in [-0.1, -0.05) is 11.6 Å². The van der Waals surface area contributed by atoms with Crippen LogP contribution in [0, 0.1) is 0 Å². The standard InChI is InChI=1S/C10H11ClN2OS/c11-7-1-3-8(4-2-7)13-10(9(12)14)5-15-6-10/h1-4,13H,5-6H2,(H2,12,14). The van der Waals surface area contributed by atoms with E-state index >= 15 is 0 Å². The third-order valence-corrected chi connectivity index (χ3v) is 4.04. The second-order valence-electron chi connectivity index (χ2n) is 3.57. The predicted octanol–water partition coefficient (Wildman–Crippen LogP) is 1.72. The SMILES string of the molecule is NC(=O)C1(Nc2ccc(Cl)cc2)CSC1. The largest absolute Gasteiger partial charge is 0.370 e. The van der Waals surface area contributed by atoms with Crippen molar-refractivity contribution < 1.29 is 4.79 Å². The molecule has 1 aliphatic rings. The molecule has 0 aromatic heterocycles. The van der Waals surface area contributed by atoms with Crippen LogP contribution < -0.4 is 11.1 Å². The average Bonchev–Trinajstić information content (AvgIpc) is 2.13. The molecule has 2 rings (SSSR count). The number of benzene rings is 1. The molecule has 1 heterocycles. The van der Waals surface area contributed by atoms with Crippen molar-refractivity contribution in [2.24, 2.45) is 5.73 Å². The fourth-order valence-corrected chi connectivity index (χ4v) is 2.56. The first-order valence-corrected chi connectivity index (χ1v) is 6.07. The Morgan fingerprint density at radius 3 is 2.40 bits per heavy atom. The normalized spacial score (nSPS) is 17.9. The lowest BCUT2D eigenvalue weighted by Gasteiger charge is -2.39. The maximum atomic E-state index is 11.3. The minimum Gasteiger partial charge on any atom is -0.370 e. The first-order valence-electron chi connectivity index (χ1n) is 4.54. The number of carbonyl (C=O) groups is 1. The van der Waals surface area contributed by atoms with Crippen LogP contribution in [-0.4, -0.2) is 23.0 Å². The highest BCUT2D eigenvalue weighted by Gasteiger charge is 2.43. The van der Waals surface area contributed by atoms with Gasteiger partial charge in [-0.05, 0) is 24.3 Å². The fourth-order valence-electron chi connectivity index (χ4n) is 1.39. The maximum absolute atomic E-state index is 11.3. The van der Waals surface area contributed by atoms with Crippen LogP contribution in [-0.2, 0) is 4.79 Å². The number of hydrogen-bond acceptors (Lipinski definition) is 3. The Kier molecular flexibility index (Phi) is 2.80. The second-order valence-corrected chi connectivity index (χ2v) is 4.99. The second kappa shape index (κ2) is 3.94. The number of primary amides is 1. The summed E-state index contributed by atoms with van der Waals surface area (Å²) in [6, 6.07) is 7.25. The number of anilines is 1. The van der Waals surface area contributed by atoms with Gasteiger partial charge in [0.1, 0.15) is 5.54 Å². The monoisotopic (exact) mass is 242 g/mol. The first kappa shape index (κ1) is 10.6. The summed E-state index contributed by atoms with van der Waals surface area (Å²) in [6.07, 6.45) is 0. The molecule has 80 valence electrons. The molecule has 0 radical (unpaired) electrons. The van der Waals surface area contributed by atoms with Crippen LogP contribution in [0.2, 0.25) is 5.02 Å². The van der Waals surface area contributed by atoms with Crippen molar-refractivity contribution >= 4 is 35.0 Å². The van der Waals surface area contributed by atoms with E-state index in [9.17, 15) is 4.79 Å². The third-order valence-electron chi connectivity index (χ3n) is 2.40. The van der Waals surface area contributed by atoms with E-state index in [1.807, 2.05) is 12.1 Å². The molecule has 3 N–H and O–H groups in total. The zero-order valence-electron chi connectivity index (χ0n) is 8.00. The Labute approximate surface area is 97.4 Å². The van der Waals surface area contributed by atoms with Crippen LogP contribution in [0.1, 0.15) is 0 Å². The summed E-state index contributed by atoms with van der Waals surface area (Å²) in [4.78, 5) is 11.3. The van der Waals surface area contributed by atoms with Crippen molar-refractivity contribution in [3.63, 3.8) is 0 Å². The van der Waals surface area contributed by atoms with Crippen LogP contribution in [0.4, 0.5) is 5.69 Å². The molecule has 15 heavy (non-hydrogen) atoms. The van der Waals surface area contributed by atoms with Crippen molar-refractivity contribution in [2.75, 3.05) is 16.8 Å². The van der Waals surface area contributed by atoms with Gasteiger partial charge < -0.3 is 11.1 Å². The van der Waals surface area contributed by atoms with Gasteiger partial charge in [0.05, 0.1) is 0 Å². The van der Waals surface area contributed by atoms with Gasteiger partial charge >= 0.3 is 0 Å². The number of thioether (sulfide) groups is 1. The summed E-state index contributed by atoms with van der Waals surface area (Å²) < 4.78 is 0. The molecule has 0 unspecified atom stereocenters. The molecule has 1 aromatic carbocycles. The third kappa shape index (κ3) is 2.06. The van der Waals surface area contributed by atoms with E-state index in [0.717, 1.165) is 17.2 Å². The lowest BCUT2D eigenvalue weighted by Crippen LogP contribution is -2.60. The van der Waals surface area contributed by atoms with Gasteiger partial charge in [0.2, 0.25) is 5.91 Å². The van der Waals surface area contributed by atoms with Crippen LogP contribution in [0.25, 0.3) is 0 Å². The molecule has 1 saturated heterocycles. The zero-order valence-corrected chi connectivity index (χ0v) is 9.57. The topological polar surface area (TPSA) is 55.1 Å². The highest BCUT2D eigenvalue weighted by atomic mass is 35.5. The van der Waals surface area contributed by atoms with Crippen LogP contribution >= 0.6 is 23.4 Å². The van der Waals surface area contributed by atoms with Crippen molar-refractivity contribution in [2.45, 2.75) is 5.54 Å². The van der Waals surface area contributed by atoms with Crippen molar-refractivity contribution in [1.82, 2.24) is 0 Å². The quantitative estimate of drug-likeness (QED) is 0.849. The number of carbonyl (C=O) groups excluding carboxylic acids is 1. The summed E-state index contributed by atoms with van der Waals surface area (Å²) in [7, 11) is 0. The Balaban J connectivity index is 2.13. The summed E-state index contributed by atoms with van der Waals surface area (Å²) in [6.45, 7) is 0. The van der Waals surface area contributed by atoms with Gasteiger partial charge in [-0.15, -0.1) is 0 Å². The lowest BCUT2D eigenvalue weighted by molar-refractivity contribution is -0.121. The summed E-state index contributed by atoms with van der Waals surface area (Å²) in [5.74, 6) is 1.16. The molecular formula is C10H11ClN2OS. The van der Waals surface area contributed by atoms with Gasteiger partial charge in [0, 0.05) is 22.2 Å². The number of nitrogens with one attached hydrogen (secondary N) is 1. The Hall–Kier alpha value is -0.870. The van der Waals surface area contributed by atoms with Gasteiger partial charge in [-0.2, -0.15) is 11.8 Å². The number of hydrogen-bond donors (Lipinski definition) is 2. The van der Waals surface area contributed by atoms with E-state index in [2.05, 4.69) is 5.32 Å². The van der Waals surface area contributed by atoms with E-state index in [0.29, 0.717) is 5.02 Å². The van der Waals surface area contributed by atoms with Gasteiger partial charge in [-0.25, -0.2) is 0 Å². The first-order chi connectivity index (χ1) is 7.12. The fraction of sp³-hybridized carbons (Fsp3) is 0.300. The Morgan fingerprint density at radius 1 is 1.40 bits per heavy atom. The number of halogens is 1. The lowest BCUT2D eigenvalue weighted by atomic mass is 10.0. The molecule has 5 heteroatoms. The highest BCUT2D eigenvalue weighted by molar-refractivity contribution is 8.01. The van der Waals surface area contributed by atoms with Crippen LogP contribution in [0.5, 0.6) is 0 Å². The van der Waals surface area contributed by atoms with Gasteiger partial charge in [0.25, 0.3) is 0 Å².